The van der Waals surface area contributed by atoms with Crippen LogP contribution in [0, 0.1) is 17.6 Å². The molecular weight excluding hydrogens is 376 g/mol. The Morgan fingerprint density at radius 3 is 2.41 bits per heavy atom. The van der Waals surface area contributed by atoms with E-state index in [0.717, 1.165) is 17.7 Å². The Balaban J connectivity index is 1.45. The quantitative estimate of drug-likeness (QED) is 0.781. The van der Waals surface area contributed by atoms with Gasteiger partial charge in [0.25, 0.3) is 0 Å². The second-order valence-corrected chi connectivity index (χ2v) is 7.31. The van der Waals surface area contributed by atoms with Crippen molar-refractivity contribution < 1.29 is 18.4 Å². The summed E-state index contributed by atoms with van der Waals surface area (Å²) < 4.78 is 26.3. The summed E-state index contributed by atoms with van der Waals surface area (Å²) in [6.45, 7) is 3.52. The number of hydrogen-bond donors (Lipinski definition) is 2. The molecule has 2 amide bonds. The molecule has 5 nitrogen and oxygen atoms in total. The molecule has 1 atom stereocenters. The van der Waals surface area contributed by atoms with Crippen LogP contribution in [0.3, 0.4) is 0 Å². The van der Waals surface area contributed by atoms with Crippen LogP contribution in [0.5, 0.6) is 0 Å². The van der Waals surface area contributed by atoms with E-state index >= 15 is 0 Å². The monoisotopic (exact) mass is 401 g/mol. The number of piperidine rings is 1. The fraction of sp³-hybridized carbons (Fsp3) is 0.364. The van der Waals surface area contributed by atoms with Crippen LogP contribution in [-0.4, -0.2) is 35.8 Å². The van der Waals surface area contributed by atoms with E-state index in [1.165, 1.54) is 6.07 Å². The summed E-state index contributed by atoms with van der Waals surface area (Å²) in [5.41, 5.74) is 1.27. The first-order chi connectivity index (χ1) is 13.9. The van der Waals surface area contributed by atoms with Gasteiger partial charge in [-0.05, 0) is 50.6 Å². The molecule has 0 spiro atoms. The number of likely N-dealkylation sites (tertiary alicyclic amines) is 1. The SMILES string of the molecule is CC(C(=O)Nc1ccc(F)c(F)c1)N1CCC(C(=O)NCc2ccccc2)CC1. The van der Waals surface area contributed by atoms with Crippen molar-refractivity contribution in [3.8, 4) is 0 Å². The maximum absolute atomic E-state index is 13.3. The summed E-state index contributed by atoms with van der Waals surface area (Å²) in [5, 5.41) is 5.59. The number of hydrogen-bond acceptors (Lipinski definition) is 3. The summed E-state index contributed by atoms with van der Waals surface area (Å²) in [6.07, 6.45) is 1.34. The number of anilines is 1. The van der Waals surface area contributed by atoms with Crippen molar-refractivity contribution in [2.45, 2.75) is 32.4 Å². The molecule has 1 aliphatic heterocycles. The molecule has 2 aromatic rings. The number of nitrogens with one attached hydrogen (secondary N) is 2. The molecule has 1 fully saturated rings. The van der Waals surface area contributed by atoms with E-state index in [0.29, 0.717) is 32.5 Å². The minimum Gasteiger partial charge on any atom is -0.352 e. The number of halogens is 2. The Kier molecular flexibility index (Phi) is 6.93. The molecule has 2 N–H and O–H groups in total. The maximum Gasteiger partial charge on any atom is 0.241 e. The standard InChI is InChI=1S/C22H25F2N3O2/c1-15(21(28)26-18-7-8-19(23)20(24)13-18)27-11-9-17(10-12-27)22(29)25-14-16-5-3-2-4-6-16/h2-8,13,15,17H,9-12,14H2,1H3,(H,25,29)(H,26,28). The maximum atomic E-state index is 13.3. The van der Waals surface area contributed by atoms with Gasteiger partial charge in [-0.25, -0.2) is 8.78 Å². The molecule has 0 saturated carbocycles. The third-order valence-electron chi connectivity index (χ3n) is 5.32. The van der Waals surface area contributed by atoms with E-state index in [-0.39, 0.29) is 23.4 Å². The molecule has 154 valence electrons. The summed E-state index contributed by atoms with van der Waals surface area (Å²) in [4.78, 5) is 26.8. The van der Waals surface area contributed by atoms with E-state index in [1.54, 1.807) is 6.92 Å². The minimum absolute atomic E-state index is 0.0346. The van der Waals surface area contributed by atoms with Gasteiger partial charge in [-0.1, -0.05) is 30.3 Å². The lowest BCUT2D eigenvalue weighted by Crippen LogP contribution is -2.48. The Hall–Kier alpha value is -2.80. The average Bonchev–Trinajstić information content (AvgIpc) is 2.75. The molecule has 1 aliphatic rings. The van der Waals surface area contributed by atoms with Gasteiger partial charge in [-0.15, -0.1) is 0 Å². The van der Waals surface area contributed by atoms with Gasteiger partial charge in [-0.2, -0.15) is 0 Å². The van der Waals surface area contributed by atoms with Crippen LogP contribution < -0.4 is 10.6 Å². The van der Waals surface area contributed by atoms with Gasteiger partial charge in [0.2, 0.25) is 11.8 Å². The summed E-state index contributed by atoms with van der Waals surface area (Å²) in [6, 6.07) is 12.6. The Morgan fingerprint density at radius 1 is 1.07 bits per heavy atom. The first kappa shape index (κ1) is 20.9. The highest BCUT2D eigenvalue weighted by Crippen LogP contribution is 2.20. The average molecular weight is 401 g/mol. The van der Waals surface area contributed by atoms with E-state index in [2.05, 4.69) is 10.6 Å². The molecule has 0 radical (unpaired) electrons. The van der Waals surface area contributed by atoms with Crippen molar-refractivity contribution in [3.05, 3.63) is 65.7 Å². The van der Waals surface area contributed by atoms with E-state index in [9.17, 15) is 18.4 Å². The highest BCUT2D eigenvalue weighted by molar-refractivity contribution is 5.94. The van der Waals surface area contributed by atoms with Gasteiger partial charge >= 0.3 is 0 Å². The summed E-state index contributed by atoms with van der Waals surface area (Å²) in [7, 11) is 0. The first-order valence-electron chi connectivity index (χ1n) is 9.75. The van der Waals surface area contributed by atoms with E-state index in [4.69, 9.17) is 0 Å². The Bertz CT molecular complexity index is 852. The van der Waals surface area contributed by atoms with Crippen molar-refractivity contribution in [1.29, 1.82) is 0 Å². The van der Waals surface area contributed by atoms with Crippen LogP contribution >= 0.6 is 0 Å². The number of carbonyl (C=O) groups is 2. The highest BCUT2D eigenvalue weighted by Gasteiger charge is 2.29. The Labute approximate surface area is 169 Å². The molecule has 0 aromatic heterocycles. The van der Waals surface area contributed by atoms with E-state index in [1.807, 2.05) is 35.2 Å². The lowest BCUT2D eigenvalue weighted by atomic mass is 9.94. The van der Waals surface area contributed by atoms with Crippen LogP contribution in [-0.2, 0) is 16.1 Å². The molecule has 2 aromatic carbocycles. The predicted molar refractivity (Wildman–Crippen MR) is 107 cm³/mol. The van der Waals surface area contributed by atoms with Crippen LogP contribution in [0.2, 0.25) is 0 Å². The zero-order valence-corrected chi connectivity index (χ0v) is 16.3. The smallest absolute Gasteiger partial charge is 0.241 e. The number of nitrogens with zero attached hydrogens (tertiary/aromatic N) is 1. The van der Waals surface area contributed by atoms with Crippen molar-refractivity contribution in [2.75, 3.05) is 18.4 Å². The molecule has 3 rings (SSSR count). The van der Waals surface area contributed by atoms with Crippen molar-refractivity contribution in [1.82, 2.24) is 10.2 Å². The highest BCUT2D eigenvalue weighted by atomic mass is 19.2. The molecule has 1 heterocycles. The van der Waals surface area contributed by atoms with Gasteiger partial charge in [0.15, 0.2) is 11.6 Å². The molecule has 1 unspecified atom stereocenters. The van der Waals surface area contributed by atoms with Gasteiger partial charge in [0.05, 0.1) is 6.04 Å². The molecule has 0 bridgehead atoms. The Morgan fingerprint density at radius 2 is 1.76 bits per heavy atom. The third-order valence-corrected chi connectivity index (χ3v) is 5.32. The number of amides is 2. The molecule has 0 aliphatic carbocycles. The number of carbonyl (C=O) groups excluding carboxylic acids is 2. The normalized spacial score (nSPS) is 16.2. The first-order valence-corrected chi connectivity index (χ1v) is 9.75. The zero-order chi connectivity index (χ0) is 20.8. The fourth-order valence-corrected chi connectivity index (χ4v) is 3.46. The minimum atomic E-state index is -1.00. The number of benzene rings is 2. The van der Waals surface area contributed by atoms with E-state index < -0.39 is 17.7 Å². The van der Waals surface area contributed by atoms with Crippen LogP contribution in [0.15, 0.2) is 48.5 Å². The van der Waals surface area contributed by atoms with Crippen LogP contribution in [0.25, 0.3) is 0 Å². The fourth-order valence-electron chi connectivity index (χ4n) is 3.46. The molecule has 7 heteroatoms. The van der Waals surface area contributed by atoms with Gasteiger partial charge in [0.1, 0.15) is 0 Å². The lowest BCUT2D eigenvalue weighted by molar-refractivity contribution is -0.127. The summed E-state index contributed by atoms with van der Waals surface area (Å²) in [5.74, 6) is -2.28. The van der Waals surface area contributed by atoms with Crippen molar-refractivity contribution in [3.63, 3.8) is 0 Å². The van der Waals surface area contributed by atoms with Gasteiger partial charge < -0.3 is 10.6 Å². The second kappa shape index (κ2) is 9.60. The molecular formula is C22H25F2N3O2. The van der Waals surface area contributed by atoms with Crippen LogP contribution in [0.1, 0.15) is 25.3 Å². The molecule has 29 heavy (non-hydrogen) atoms. The van der Waals surface area contributed by atoms with Gasteiger partial charge in [0, 0.05) is 24.2 Å². The summed E-state index contributed by atoms with van der Waals surface area (Å²) >= 11 is 0. The third kappa shape index (κ3) is 5.60. The predicted octanol–water partition coefficient (Wildman–Crippen LogP) is 3.32. The largest absolute Gasteiger partial charge is 0.352 e. The van der Waals surface area contributed by atoms with Crippen molar-refractivity contribution in [2.24, 2.45) is 5.92 Å². The van der Waals surface area contributed by atoms with Crippen molar-refractivity contribution >= 4 is 17.5 Å². The zero-order valence-electron chi connectivity index (χ0n) is 16.3. The lowest BCUT2D eigenvalue weighted by Gasteiger charge is -2.34. The van der Waals surface area contributed by atoms with Crippen LogP contribution in [0.4, 0.5) is 14.5 Å². The second-order valence-electron chi connectivity index (χ2n) is 7.31. The molecule has 1 saturated heterocycles. The number of rotatable bonds is 6. The topological polar surface area (TPSA) is 61.4 Å². The van der Waals surface area contributed by atoms with Gasteiger partial charge in [-0.3, -0.25) is 14.5 Å².